The molecule has 1 spiro atoms. The molecule has 2 aromatic carbocycles. The number of fused-ring (bicyclic) bond motifs is 1. The zero-order valence-corrected chi connectivity index (χ0v) is 17.1. The molecule has 0 saturated carbocycles. The summed E-state index contributed by atoms with van der Waals surface area (Å²) >= 11 is 0. The van der Waals surface area contributed by atoms with Crippen LogP contribution in [0.5, 0.6) is 0 Å². The standard InChI is InChI=1S/C25H23NO5/c27-23-11-12-24(28)31-25(30-23)17-26(15-16-29-25)14-13-19-9-10-22-20(7-4-8-21(19)22)18-5-2-1-3-6-18/h1-9,11-12H,10,13-17H2. The van der Waals surface area contributed by atoms with Crippen LogP contribution in [0.1, 0.15) is 17.5 Å². The summed E-state index contributed by atoms with van der Waals surface area (Å²) < 4.78 is 16.1. The number of hydrogen-bond acceptors (Lipinski definition) is 6. The van der Waals surface area contributed by atoms with Crippen LogP contribution in [0.25, 0.3) is 16.7 Å². The van der Waals surface area contributed by atoms with Gasteiger partial charge in [-0.2, -0.15) is 0 Å². The summed E-state index contributed by atoms with van der Waals surface area (Å²) in [6, 6.07) is 16.9. The van der Waals surface area contributed by atoms with E-state index >= 15 is 0 Å². The molecule has 1 aliphatic carbocycles. The lowest BCUT2D eigenvalue weighted by Crippen LogP contribution is -2.56. The minimum Gasteiger partial charge on any atom is -0.394 e. The maximum atomic E-state index is 11.8. The highest BCUT2D eigenvalue weighted by Gasteiger charge is 2.45. The van der Waals surface area contributed by atoms with Gasteiger partial charge in [-0.25, -0.2) is 9.59 Å². The topological polar surface area (TPSA) is 65.1 Å². The summed E-state index contributed by atoms with van der Waals surface area (Å²) in [5.41, 5.74) is 6.47. The van der Waals surface area contributed by atoms with Gasteiger partial charge in [0.2, 0.25) is 0 Å². The van der Waals surface area contributed by atoms with Gasteiger partial charge >= 0.3 is 17.9 Å². The first kappa shape index (κ1) is 19.7. The molecule has 0 N–H and O–H groups in total. The average Bonchev–Trinajstić information content (AvgIpc) is 3.14. The first-order valence-corrected chi connectivity index (χ1v) is 10.5. The van der Waals surface area contributed by atoms with Gasteiger partial charge in [0.1, 0.15) is 6.54 Å². The van der Waals surface area contributed by atoms with Crippen molar-refractivity contribution < 1.29 is 23.8 Å². The Hall–Kier alpha value is -3.22. The molecular formula is C25H23NO5. The largest absolute Gasteiger partial charge is 0.394 e. The molecule has 1 saturated heterocycles. The highest BCUT2D eigenvalue weighted by atomic mass is 16.9. The number of esters is 2. The van der Waals surface area contributed by atoms with Gasteiger partial charge in [0.25, 0.3) is 0 Å². The summed E-state index contributed by atoms with van der Waals surface area (Å²) in [7, 11) is 0. The number of carbonyl (C=O) groups excluding carboxylic acids is 2. The molecule has 31 heavy (non-hydrogen) atoms. The van der Waals surface area contributed by atoms with E-state index in [2.05, 4.69) is 53.4 Å². The van der Waals surface area contributed by atoms with Crippen LogP contribution in [0.15, 0.2) is 66.8 Å². The number of ether oxygens (including phenoxy) is 3. The molecule has 3 aliphatic rings. The number of hydrogen-bond donors (Lipinski definition) is 0. The summed E-state index contributed by atoms with van der Waals surface area (Å²) in [6.07, 6.45) is 6.18. The van der Waals surface area contributed by atoms with Gasteiger partial charge in [-0.3, -0.25) is 4.90 Å². The Balaban J connectivity index is 1.28. The summed E-state index contributed by atoms with van der Waals surface area (Å²) in [5.74, 6) is -2.96. The smallest absolute Gasteiger partial charge is 0.389 e. The molecule has 6 heteroatoms. The van der Waals surface area contributed by atoms with Gasteiger partial charge < -0.3 is 14.2 Å². The highest BCUT2D eigenvalue weighted by molar-refractivity contribution is 5.93. The molecule has 6 nitrogen and oxygen atoms in total. The van der Waals surface area contributed by atoms with Crippen molar-refractivity contribution in [2.75, 3.05) is 26.2 Å². The molecule has 158 valence electrons. The van der Waals surface area contributed by atoms with Crippen molar-refractivity contribution in [1.82, 2.24) is 4.90 Å². The van der Waals surface area contributed by atoms with Gasteiger partial charge in [0.15, 0.2) is 0 Å². The normalized spacial score (nSPS) is 20.1. The van der Waals surface area contributed by atoms with Crippen molar-refractivity contribution in [3.63, 3.8) is 0 Å². The molecule has 1 fully saturated rings. The van der Waals surface area contributed by atoms with Crippen molar-refractivity contribution in [3.8, 4) is 11.1 Å². The molecule has 2 aromatic rings. The number of nitrogens with zero attached hydrogens (tertiary/aromatic N) is 1. The lowest BCUT2D eigenvalue weighted by atomic mass is 9.94. The van der Waals surface area contributed by atoms with E-state index in [1.807, 2.05) is 6.07 Å². The molecule has 0 atom stereocenters. The third kappa shape index (κ3) is 4.04. The third-order valence-electron chi connectivity index (χ3n) is 5.87. The van der Waals surface area contributed by atoms with Crippen molar-refractivity contribution in [3.05, 3.63) is 77.9 Å². The monoisotopic (exact) mass is 417 g/mol. The van der Waals surface area contributed by atoms with E-state index in [0.717, 1.165) is 31.5 Å². The second kappa shape index (κ2) is 8.13. The van der Waals surface area contributed by atoms with Crippen LogP contribution in [0.3, 0.4) is 0 Å². The molecule has 2 heterocycles. The van der Waals surface area contributed by atoms with Crippen LogP contribution in [0.2, 0.25) is 0 Å². The number of carbonyl (C=O) groups is 2. The lowest BCUT2D eigenvalue weighted by Gasteiger charge is -2.39. The zero-order valence-electron chi connectivity index (χ0n) is 17.1. The molecule has 0 radical (unpaired) electrons. The predicted molar refractivity (Wildman–Crippen MR) is 115 cm³/mol. The van der Waals surface area contributed by atoms with Crippen molar-refractivity contribution >= 4 is 17.5 Å². The Morgan fingerprint density at radius 1 is 0.903 bits per heavy atom. The first-order chi connectivity index (χ1) is 15.1. The Kier molecular flexibility index (Phi) is 5.18. The van der Waals surface area contributed by atoms with E-state index < -0.39 is 17.9 Å². The van der Waals surface area contributed by atoms with Crippen molar-refractivity contribution in [1.29, 1.82) is 0 Å². The molecule has 0 unspecified atom stereocenters. The van der Waals surface area contributed by atoms with Gasteiger partial charge in [-0.1, -0.05) is 54.6 Å². The minimum absolute atomic E-state index is 0.191. The summed E-state index contributed by atoms with van der Waals surface area (Å²) in [4.78, 5) is 25.7. The second-order valence-electron chi connectivity index (χ2n) is 7.86. The fourth-order valence-electron chi connectivity index (χ4n) is 4.42. The van der Waals surface area contributed by atoms with Crippen molar-refractivity contribution in [2.45, 2.75) is 18.8 Å². The van der Waals surface area contributed by atoms with E-state index in [1.165, 1.54) is 27.8 Å². The van der Waals surface area contributed by atoms with Crippen LogP contribution in [0.4, 0.5) is 0 Å². The van der Waals surface area contributed by atoms with Crippen LogP contribution in [0, 0.1) is 0 Å². The maximum absolute atomic E-state index is 11.8. The maximum Gasteiger partial charge on any atom is 0.389 e. The molecule has 0 amide bonds. The average molecular weight is 417 g/mol. The van der Waals surface area contributed by atoms with E-state index in [4.69, 9.17) is 14.2 Å². The van der Waals surface area contributed by atoms with E-state index in [1.54, 1.807) is 0 Å². The summed E-state index contributed by atoms with van der Waals surface area (Å²) in [6.45, 7) is 1.92. The molecule has 0 aromatic heterocycles. The molecule has 2 aliphatic heterocycles. The van der Waals surface area contributed by atoms with E-state index in [-0.39, 0.29) is 6.54 Å². The van der Waals surface area contributed by atoms with Gasteiger partial charge in [0.05, 0.1) is 6.61 Å². The van der Waals surface area contributed by atoms with Gasteiger partial charge in [-0.15, -0.1) is 0 Å². The molecular weight excluding hydrogens is 394 g/mol. The zero-order chi connectivity index (χ0) is 21.3. The van der Waals surface area contributed by atoms with Gasteiger partial charge in [-0.05, 0) is 40.7 Å². The number of allylic oxidation sites excluding steroid dienone is 1. The lowest BCUT2D eigenvalue weighted by molar-refractivity contribution is -0.359. The number of morpholine rings is 1. The molecule has 0 bridgehead atoms. The predicted octanol–water partition coefficient (Wildman–Crippen LogP) is 3.33. The fourth-order valence-corrected chi connectivity index (χ4v) is 4.42. The van der Waals surface area contributed by atoms with E-state index in [9.17, 15) is 9.59 Å². The van der Waals surface area contributed by atoms with Crippen LogP contribution >= 0.6 is 0 Å². The number of rotatable bonds is 4. The van der Waals surface area contributed by atoms with E-state index in [0.29, 0.717) is 13.2 Å². The van der Waals surface area contributed by atoms with Crippen LogP contribution in [-0.4, -0.2) is 49.1 Å². The highest BCUT2D eigenvalue weighted by Crippen LogP contribution is 2.37. The third-order valence-corrected chi connectivity index (χ3v) is 5.87. The Bertz CT molecular complexity index is 1050. The fraction of sp³-hybridized carbons (Fsp3) is 0.280. The number of benzene rings is 2. The van der Waals surface area contributed by atoms with Crippen molar-refractivity contribution in [2.24, 2.45) is 0 Å². The quantitative estimate of drug-likeness (QED) is 0.711. The SMILES string of the molecule is O=C1C=CC(=O)OC2(CN(CCC3=CCc4c3cccc4-c3ccccc3)CCO2)O1. The minimum atomic E-state index is -1.67. The first-order valence-electron chi connectivity index (χ1n) is 10.5. The Labute approximate surface area is 180 Å². The summed E-state index contributed by atoms with van der Waals surface area (Å²) in [5, 5.41) is 0. The Morgan fingerprint density at radius 3 is 2.42 bits per heavy atom. The van der Waals surface area contributed by atoms with Crippen LogP contribution in [-0.2, 0) is 30.2 Å². The second-order valence-corrected chi connectivity index (χ2v) is 7.86. The molecule has 5 rings (SSSR count). The van der Waals surface area contributed by atoms with Crippen LogP contribution < -0.4 is 0 Å². The van der Waals surface area contributed by atoms with Gasteiger partial charge in [0, 0.05) is 25.2 Å². The Morgan fingerprint density at radius 2 is 1.65 bits per heavy atom.